The Hall–Kier alpha value is -3.48. The van der Waals surface area contributed by atoms with Crippen molar-refractivity contribution in [2.75, 3.05) is 44.8 Å². The largest absolute Gasteiger partial charge is 0.444 e. The van der Waals surface area contributed by atoms with Crippen molar-refractivity contribution in [2.45, 2.75) is 57.7 Å². The number of carbonyl (C=O) groups is 2. The standard InChI is InChI=1S/C29H37N5O4/c1-20-15-32(22(18-37-6)16-33(20)27(36)38-28(2,3)4)17-26(35)34-19-29(5,25-9-7-8-12-31-25)23-11-10-21(14-30)13-24(23)34/h7-13,20,22H,15-19H2,1-6H3/t20-,22-,29?/m1/s1. The molecule has 1 saturated heterocycles. The Morgan fingerprint density at radius 1 is 1.21 bits per heavy atom. The van der Waals surface area contributed by atoms with Crippen LogP contribution >= 0.6 is 0 Å². The van der Waals surface area contributed by atoms with E-state index >= 15 is 0 Å². The Bertz CT molecular complexity index is 1220. The van der Waals surface area contributed by atoms with E-state index in [1.807, 2.05) is 52.0 Å². The molecule has 0 bridgehead atoms. The summed E-state index contributed by atoms with van der Waals surface area (Å²) in [7, 11) is 1.62. The molecule has 2 aromatic rings. The van der Waals surface area contributed by atoms with E-state index in [9.17, 15) is 14.9 Å². The predicted molar refractivity (Wildman–Crippen MR) is 144 cm³/mol. The number of aromatic nitrogens is 1. The van der Waals surface area contributed by atoms with Crippen LogP contribution in [0.5, 0.6) is 0 Å². The summed E-state index contributed by atoms with van der Waals surface area (Å²) in [4.78, 5) is 36.9. The number of amides is 2. The number of hydrogen-bond acceptors (Lipinski definition) is 7. The number of nitriles is 1. The number of fused-ring (bicyclic) bond motifs is 1. The average molecular weight is 520 g/mol. The molecule has 0 radical (unpaired) electrons. The Morgan fingerprint density at radius 3 is 2.61 bits per heavy atom. The molecule has 2 aliphatic heterocycles. The second-order valence-corrected chi connectivity index (χ2v) is 11.4. The van der Waals surface area contributed by atoms with Gasteiger partial charge in [0.1, 0.15) is 5.60 Å². The number of rotatable bonds is 5. The summed E-state index contributed by atoms with van der Waals surface area (Å²) in [5, 5.41) is 9.53. The summed E-state index contributed by atoms with van der Waals surface area (Å²) >= 11 is 0. The molecule has 2 amide bonds. The molecule has 0 spiro atoms. The zero-order valence-corrected chi connectivity index (χ0v) is 23.1. The van der Waals surface area contributed by atoms with Crippen molar-refractivity contribution in [1.82, 2.24) is 14.8 Å². The van der Waals surface area contributed by atoms with Gasteiger partial charge in [-0.2, -0.15) is 5.26 Å². The first-order valence-corrected chi connectivity index (χ1v) is 13.0. The van der Waals surface area contributed by atoms with Crippen molar-refractivity contribution in [3.63, 3.8) is 0 Å². The number of carbonyl (C=O) groups excluding carboxylic acids is 2. The number of anilines is 1. The topological polar surface area (TPSA) is 99.0 Å². The van der Waals surface area contributed by atoms with Crippen LogP contribution in [0.4, 0.5) is 10.5 Å². The van der Waals surface area contributed by atoms with Crippen molar-refractivity contribution in [3.8, 4) is 6.07 Å². The van der Waals surface area contributed by atoms with E-state index in [-0.39, 0.29) is 30.6 Å². The van der Waals surface area contributed by atoms with Gasteiger partial charge in [-0.25, -0.2) is 4.79 Å². The monoisotopic (exact) mass is 519 g/mol. The number of methoxy groups -OCH3 is 1. The zero-order chi connectivity index (χ0) is 27.7. The molecule has 202 valence electrons. The molecular weight excluding hydrogens is 482 g/mol. The first kappa shape index (κ1) is 27.6. The number of ether oxygens (including phenoxy) is 2. The van der Waals surface area contributed by atoms with Gasteiger partial charge in [0.05, 0.1) is 41.9 Å². The molecule has 0 aliphatic carbocycles. The molecule has 0 saturated carbocycles. The highest BCUT2D eigenvalue weighted by Gasteiger charge is 2.45. The van der Waals surface area contributed by atoms with E-state index in [4.69, 9.17) is 9.47 Å². The Kier molecular flexibility index (Phi) is 7.77. The number of pyridine rings is 1. The van der Waals surface area contributed by atoms with Gasteiger partial charge in [0.15, 0.2) is 0 Å². The number of piperazine rings is 1. The molecule has 0 N–H and O–H groups in total. The number of hydrogen-bond donors (Lipinski definition) is 0. The lowest BCUT2D eigenvalue weighted by Gasteiger charge is -2.45. The van der Waals surface area contributed by atoms with Crippen LogP contribution in [0.2, 0.25) is 0 Å². The second kappa shape index (κ2) is 10.7. The van der Waals surface area contributed by atoms with Crippen LogP contribution in [0.25, 0.3) is 0 Å². The summed E-state index contributed by atoms with van der Waals surface area (Å²) in [5.41, 5.74) is 1.99. The zero-order valence-electron chi connectivity index (χ0n) is 23.1. The second-order valence-electron chi connectivity index (χ2n) is 11.4. The third kappa shape index (κ3) is 5.52. The van der Waals surface area contributed by atoms with Crippen molar-refractivity contribution in [3.05, 3.63) is 59.4 Å². The molecule has 4 rings (SSSR count). The van der Waals surface area contributed by atoms with Gasteiger partial charge in [0.25, 0.3) is 0 Å². The van der Waals surface area contributed by atoms with Crippen LogP contribution in [0.1, 0.15) is 51.4 Å². The molecule has 38 heavy (non-hydrogen) atoms. The van der Waals surface area contributed by atoms with Gasteiger partial charge in [0.2, 0.25) is 5.91 Å². The summed E-state index contributed by atoms with van der Waals surface area (Å²) in [5.74, 6) is -0.0694. The van der Waals surface area contributed by atoms with E-state index < -0.39 is 11.0 Å². The number of benzene rings is 1. The molecule has 1 unspecified atom stereocenters. The van der Waals surface area contributed by atoms with Crippen LogP contribution in [0, 0.1) is 11.3 Å². The smallest absolute Gasteiger partial charge is 0.410 e. The lowest BCUT2D eigenvalue weighted by molar-refractivity contribution is -0.121. The van der Waals surface area contributed by atoms with Crippen LogP contribution in [0.15, 0.2) is 42.6 Å². The fourth-order valence-electron chi connectivity index (χ4n) is 5.40. The Balaban J connectivity index is 1.58. The molecule has 1 fully saturated rings. The molecule has 9 nitrogen and oxygen atoms in total. The SMILES string of the molecule is COC[C@H]1CN(C(=O)OC(C)(C)C)[C@H](C)CN1CC(=O)N1CC(C)(c2ccccn2)c2ccc(C#N)cc21. The van der Waals surface area contributed by atoms with Crippen molar-refractivity contribution in [1.29, 1.82) is 5.26 Å². The van der Waals surface area contributed by atoms with Crippen LogP contribution in [0.3, 0.4) is 0 Å². The molecule has 1 aromatic heterocycles. The summed E-state index contributed by atoms with van der Waals surface area (Å²) in [6, 6.07) is 13.2. The van der Waals surface area contributed by atoms with Gasteiger partial charge < -0.3 is 19.3 Å². The highest BCUT2D eigenvalue weighted by Crippen LogP contribution is 2.44. The van der Waals surface area contributed by atoms with E-state index in [0.29, 0.717) is 31.8 Å². The Morgan fingerprint density at radius 2 is 1.97 bits per heavy atom. The number of nitrogens with zero attached hydrogens (tertiary/aromatic N) is 5. The van der Waals surface area contributed by atoms with Gasteiger partial charge in [0, 0.05) is 44.7 Å². The quantitative estimate of drug-likeness (QED) is 0.596. The van der Waals surface area contributed by atoms with E-state index in [1.54, 1.807) is 35.2 Å². The fraction of sp³-hybridized carbons (Fsp3) is 0.517. The highest BCUT2D eigenvalue weighted by molar-refractivity contribution is 5.98. The van der Waals surface area contributed by atoms with Gasteiger partial charge in [-0.15, -0.1) is 0 Å². The van der Waals surface area contributed by atoms with Gasteiger partial charge in [-0.05, 0) is 64.4 Å². The normalized spacial score (nSPS) is 23.6. The molecule has 2 aliphatic rings. The minimum absolute atomic E-state index is 0.0694. The third-order valence-corrected chi connectivity index (χ3v) is 7.30. The van der Waals surface area contributed by atoms with E-state index in [2.05, 4.69) is 22.9 Å². The predicted octanol–water partition coefficient (Wildman–Crippen LogP) is 3.56. The van der Waals surface area contributed by atoms with E-state index in [0.717, 1.165) is 16.9 Å². The van der Waals surface area contributed by atoms with Crippen LogP contribution in [-0.2, 0) is 19.7 Å². The minimum atomic E-state index is -0.591. The van der Waals surface area contributed by atoms with Crippen LogP contribution in [-0.4, -0.2) is 84.4 Å². The van der Waals surface area contributed by atoms with Crippen molar-refractivity contribution < 1.29 is 19.1 Å². The summed E-state index contributed by atoms with van der Waals surface area (Å²) in [6.45, 7) is 11.5. The molecule has 9 heteroatoms. The summed E-state index contributed by atoms with van der Waals surface area (Å²) in [6.07, 6.45) is 1.40. The molecule has 1 aromatic carbocycles. The average Bonchev–Trinajstić information content (AvgIpc) is 3.18. The highest BCUT2D eigenvalue weighted by atomic mass is 16.6. The lowest BCUT2D eigenvalue weighted by Crippen LogP contribution is -2.62. The maximum Gasteiger partial charge on any atom is 0.410 e. The van der Waals surface area contributed by atoms with Gasteiger partial charge in [-0.1, -0.05) is 12.1 Å². The maximum atomic E-state index is 13.9. The minimum Gasteiger partial charge on any atom is -0.444 e. The van der Waals surface area contributed by atoms with Crippen molar-refractivity contribution in [2.24, 2.45) is 0 Å². The van der Waals surface area contributed by atoms with Gasteiger partial charge >= 0.3 is 6.09 Å². The molecular formula is C29H37N5O4. The third-order valence-electron chi connectivity index (χ3n) is 7.30. The molecule has 3 heterocycles. The fourth-order valence-corrected chi connectivity index (χ4v) is 5.40. The van der Waals surface area contributed by atoms with Crippen molar-refractivity contribution >= 4 is 17.7 Å². The van der Waals surface area contributed by atoms with E-state index in [1.165, 1.54) is 0 Å². The first-order chi connectivity index (χ1) is 18.0. The van der Waals surface area contributed by atoms with Gasteiger partial charge in [-0.3, -0.25) is 14.7 Å². The van der Waals surface area contributed by atoms with Crippen LogP contribution < -0.4 is 4.90 Å². The maximum absolute atomic E-state index is 13.9. The Labute approximate surface area is 224 Å². The lowest BCUT2D eigenvalue weighted by atomic mass is 9.81. The molecule has 3 atom stereocenters. The first-order valence-electron chi connectivity index (χ1n) is 13.0. The summed E-state index contributed by atoms with van der Waals surface area (Å²) < 4.78 is 11.1.